The molecule has 0 atom stereocenters. The molecule has 0 amide bonds. The highest BCUT2D eigenvalue weighted by molar-refractivity contribution is 5.90. The summed E-state index contributed by atoms with van der Waals surface area (Å²) in [6.07, 6.45) is 1.75. The van der Waals surface area contributed by atoms with Gasteiger partial charge in [0.1, 0.15) is 11.4 Å². The van der Waals surface area contributed by atoms with Gasteiger partial charge in [-0.2, -0.15) is 0 Å². The molecule has 2 heterocycles. The molecule has 0 N–H and O–H groups in total. The van der Waals surface area contributed by atoms with Crippen molar-refractivity contribution in [2.24, 2.45) is 0 Å². The topological polar surface area (TPSA) is 52.8 Å². The Balaban J connectivity index is 2.56. The molecule has 0 aromatic carbocycles. The van der Waals surface area contributed by atoms with Gasteiger partial charge in [0.25, 0.3) is 0 Å². The average molecular weight is 234 g/mol. The van der Waals surface area contributed by atoms with Crippen LogP contribution in [0.1, 0.15) is 23.1 Å². The number of aryl methyl sites for hydroxylation is 1. The van der Waals surface area contributed by atoms with E-state index in [1.807, 2.05) is 0 Å². The molecule has 2 aromatic rings. The maximum atomic E-state index is 11.8. The summed E-state index contributed by atoms with van der Waals surface area (Å²) in [5.74, 6) is 0.348. The Morgan fingerprint density at radius 1 is 1.53 bits per heavy atom. The number of esters is 1. The summed E-state index contributed by atoms with van der Waals surface area (Å²) >= 11 is 0. The lowest BCUT2D eigenvalue weighted by Gasteiger charge is -2.03. The Hall–Kier alpha value is -2.04. The van der Waals surface area contributed by atoms with Crippen LogP contribution in [-0.2, 0) is 4.74 Å². The zero-order valence-electron chi connectivity index (χ0n) is 10.1. The molecule has 0 aliphatic rings. The number of carbonyl (C=O) groups is 1. The van der Waals surface area contributed by atoms with E-state index in [-0.39, 0.29) is 5.97 Å². The van der Waals surface area contributed by atoms with E-state index in [4.69, 9.17) is 9.47 Å². The fourth-order valence-corrected chi connectivity index (χ4v) is 1.72. The van der Waals surface area contributed by atoms with Crippen LogP contribution in [0, 0.1) is 6.92 Å². The molecule has 5 nitrogen and oxygen atoms in total. The van der Waals surface area contributed by atoms with Gasteiger partial charge in [-0.25, -0.2) is 9.78 Å². The number of pyridine rings is 1. The van der Waals surface area contributed by atoms with Crippen LogP contribution >= 0.6 is 0 Å². The Morgan fingerprint density at radius 2 is 2.29 bits per heavy atom. The van der Waals surface area contributed by atoms with E-state index in [1.165, 1.54) is 0 Å². The zero-order valence-corrected chi connectivity index (χ0v) is 10.1. The Bertz CT molecular complexity index is 560. The van der Waals surface area contributed by atoms with Gasteiger partial charge in [0.15, 0.2) is 5.69 Å². The monoisotopic (exact) mass is 234 g/mol. The van der Waals surface area contributed by atoms with Crippen LogP contribution in [0.25, 0.3) is 5.65 Å². The molecule has 0 bridgehead atoms. The molecule has 0 aliphatic heterocycles. The van der Waals surface area contributed by atoms with E-state index in [1.54, 1.807) is 43.7 Å². The van der Waals surface area contributed by atoms with E-state index < -0.39 is 0 Å². The number of hydrogen-bond donors (Lipinski definition) is 0. The van der Waals surface area contributed by atoms with Gasteiger partial charge in [0.05, 0.1) is 19.4 Å². The zero-order chi connectivity index (χ0) is 12.4. The van der Waals surface area contributed by atoms with E-state index in [2.05, 4.69) is 4.98 Å². The second kappa shape index (κ2) is 4.45. The predicted octanol–water partition coefficient (Wildman–Crippen LogP) is 1.83. The summed E-state index contributed by atoms with van der Waals surface area (Å²) in [5.41, 5.74) is 1.78. The summed E-state index contributed by atoms with van der Waals surface area (Å²) in [6.45, 7) is 3.91. The normalized spacial score (nSPS) is 10.5. The van der Waals surface area contributed by atoms with Gasteiger partial charge in [-0.05, 0) is 19.9 Å². The Kier molecular flexibility index (Phi) is 2.99. The lowest BCUT2D eigenvalue weighted by Crippen LogP contribution is -2.09. The molecular formula is C12H14N2O3. The number of aromatic nitrogens is 2. The van der Waals surface area contributed by atoms with Crippen molar-refractivity contribution in [1.82, 2.24) is 9.38 Å². The first-order valence-corrected chi connectivity index (χ1v) is 5.37. The highest BCUT2D eigenvalue weighted by Gasteiger charge is 2.17. The van der Waals surface area contributed by atoms with Crippen LogP contribution in [-0.4, -0.2) is 29.1 Å². The molecule has 17 heavy (non-hydrogen) atoms. The van der Waals surface area contributed by atoms with Crippen molar-refractivity contribution in [2.75, 3.05) is 13.7 Å². The highest BCUT2D eigenvalue weighted by Crippen LogP contribution is 2.18. The maximum Gasteiger partial charge on any atom is 0.357 e. The third-order valence-corrected chi connectivity index (χ3v) is 2.48. The van der Waals surface area contributed by atoms with Crippen molar-refractivity contribution in [2.45, 2.75) is 13.8 Å². The van der Waals surface area contributed by atoms with Gasteiger partial charge >= 0.3 is 5.97 Å². The molecule has 2 aromatic heterocycles. The SMILES string of the molecule is CCOC(=O)c1c(C)nc2cc(OC)ccn12. The molecule has 5 heteroatoms. The third-order valence-electron chi connectivity index (χ3n) is 2.48. The number of hydrogen-bond acceptors (Lipinski definition) is 4. The number of rotatable bonds is 3. The predicted molar refractivity (Wildman–Crippen MR) is 62.4 cm³/mol. The Labute approximate surface area is 99.0 Å². The van der Waals surface area contributed by atoms with Crippen LogP contribution in [0.4, 0.5) is 0 Å². The van der Waals surface area contributed by atoms with E-state index in [9.17, 15) is 4.79 Å². The fourth-order valence-electron chi connectivity index (χ4n) is 1.72. The van der Waals surface area contributed by atoms with Crippen molar-refractivity contribution in [1.29, 1.82) is 0 Å². The van der Waals surface area contributed by atoms with Gasteiger partial charge in [-0.1, -0.05) is 0 Å². The lowest BCUT2D eigenvalue weighted by atomic mass is 10.3. The van der Waals surface area contributed by atoms with Crippen molar-refractivity contribution >= 4 is 11.6 Å². The van der Waals surface area contributed by atoms with Crippen molar-refractivity contribution in [3.05, 3.63) is 29.7 Å². The van der Waals surface area contributed by atoms with E-state index >= 15 is 0 Å². The average Bonchev–Trinajstić information content (AvgIpc) is 2.64. The summed E-state index contributed by atoms with van der Waals surface area (Å²) in [5, 5.41) is 0. The van der Waals surface area contributed by atoms with Gasteiger partial charge in [0.2, 0.25) is 0 Å². The van der Waals surface area contributed by atoms with Gasteiger partial charge in [-0.15, -0.1) is 0 Å². The minimum atomic E-state index is -0.359. The van der Waals surface area contributed by atoms with Crippen molar-refractivity contribution in [3.63, 3.8) is 0 Å². The first-order chi connectivity index (χ1) is 8.17. The number of ether oxygens (including phenoxy) is 2. The standard InChI is InChI=1S/C12H14N2O3/c1-4-17-12(15)11-8(2)13-10-7-9(16-3)5-6-14(10)11/h5-7H,4H2,1-3H3. The third kappa shape index (κ3) is 1.95. The number of carbonyl (C=O) groups excluding carboxylic acids is 1. The first-order valence-electron chi connectivity index (χ1n) is 5.37. The van der Waals surface area contributed by atoms with Crippen molar-refractivity contribution < 1.29 is 14.3 Å². The molecule has 0 spiro atoms. The van der Waals surface area contributed by atoms with Gasteiger partial charge in [0, 0.05) is 12.3 Å². The second-order valence-electron chi connectivity index (χ2n) is 3.56. The number of methoxy groups -OCH3 is 1. The molecular weight excluding hydrogens is 220 g/mol. The molecule has 0 unspecified atom stereocenters. The largest absolute Gasteiger partial charge is 0.497 e. The minimum Gasteiger partial charge on any atom is -0.497 e. The molecule has 0 radical (unpaired) electrons. The maximum absolute atomic E-state index is 11.8. The summed E-state index contributed by atoms with van der Waals surface area (Å²) in [4.78, 5) is 16.1. The van der Waals surface area contributed by atoms with Crippen LogP contribution in [0.5, 0.6) is 5.75 Å². The molecule has 0 saturated carbocycles. The van der Waals surface area contributed by atoms with E-state index in [0.29, 0.717) is 29.4 Å². The van der Waals surface area contributed by atoms with E-state index in [0.717, 1.165) is 0 Å². The quantitative estimate of drug-likeness (QED) is 0.760. The number of nitrogens with zero attached hydrogens (tertiary/aromatic N) is 2. The molecule has 2 rings (SSSR count). The highest BCUT2D eigenvalue weighted by atomic mass is 16.5. The van der Waals surface area contributed by atoms with Crippen LogP contribution in [0.3, 0.4) is 0 Å². The second-order valence-corrected chi connectivity index (χ2v) is 3.56. The smallest absolute Gasteiger partial charge is 0.357 e. The van der Waals surface area contributed by atoms with Crippen LogP contribution < -0.4 is 4.74 Å². The summed E-state index contributed by atoms with van der Waals surface area (Å²) in [7, 11) is 1.59. The molecule has 90 valence electrons. The first kappa shape index (κ1) is 11.4. The van der Waals surface area contributed by atoms with Crippen molar-refractivity contribution in [3.8, 4) is 5.75 Å². The molecule has 0 aliphatic carbocycles. The molecule has 0 saturated heterocycles. The van der Waals surface area contributed by atoms with Gasteiger partial charge in [-0.3, -0.25) is 4.40 Å². The summed E-state index contributed by atoms with van der Waals surface area (Å²) < 4.78 is 11.8. The molecule has 0 fully saturated rings. The summed E-state index contributed by atoms with van der Waals surface area (Å²) in [6, 6.07) is 3.55. The minimum absolute atomic E-state index is 0.349. The number of fused-ring (bicyclic) bond motifs is 1. The van der Waals surface area contributed by atoms with Gasteiger partial charge < -0.3 is 9.47 Å². The fraction of sp³-hybridized carbons (Fsp3) is 0.333. The van der Waals surface area contributed by atoms with Crippen LogP contribution in [0.15, 0.2) is 18.3 Å². The number of imidazole rings is 1. The Morgan fingerprint density at radius 3 is 2.94 bits per heavy atom. The van der Waals surface area contributed by atoms with Crippen LogP contribution in [0.2, 0.25) is 0 Å². The lowest BCUT2D eigenvalue weighted by molar-refractivity contribution is 0.0517.